The summed E-state index contributed by atoms with van der Waals surface area (Å²) in [5.41, 5.74) is 0.982. The Morgan fingerprint density at radius 1 is 1.08 bits per heavy atom. The molecule has 1 aliphatic heterocycles. The van der Waals surface area contributed by atoms with E-state index in [1.165, 1.54) is 4.31 Å². The van der Waals surface area contributed by atoms with Crippen LogP contribution in [0.1, 0.15) is 18.4 Å². The Bertz CT molecular complexity index is 816. The molecule has 1 fully saturated rings. The second-order valence-electron chi connectivity index (χ2n) is 5.82. The molecule has 1 aliphatic rings. The monoisotopic (exact) mass is 345 g/mol. The number of carbonyl (C=O) groups excluding carboxylic acids is 1. The first-order valence-corrected chi connectivity index (χ1v) is 9.28. The van der Waals surface area contributed by atoms with Gasteiger partial charge >= 0.3 is 5.97 Å². The van der Waals surface area contributed by atoms with Gasteiger partial charge in [0.1, 0.15) is 11.8 Å². The van der Waals surface area contributed by atoms with E-state index in [0.717, 1.165) is 5.56 Å². The van der Waals surface area contributed by atoms with Crippen LogP contribution in [-0.2, 0) is 14.8 Å². The predicted octanol–water partition coefficient (Wildman–Crippen LogP) is 2.75. The molecule has 0 aromatic heterocycles. The SMILES string of the molecule is Cc1ccc(S(=O)(=O)N2CCC[C@@H]2C(=O)Oc2ccccc2)cc1. The standard InChI is InChI=1S/C18H19NO4S/c1-14-9-11-16(12-10-14)24(21,22)19-13-5-8-17(19)18(20)23-15-6-3-2-4-7-15/h2-4,6-7,9-12,17H,5,8,13H2,1H3/t17-/m1/s1. The summed E-state index contributed by atoms with van der Waals surface area (Å²) in [6.45, 7) is 2.22. The zero-order valence-electron chi connectivity index (χ0n) is 13.4. The molecule has 0 aliphatic carbocycles. The fourth-order valence-corrected chi connectivity index (χ4v) is 4.43. The highest BCUT2D eigenvalue weighted by Crippen LogP contribution is 2.27. The molecule has 5 nitrogen and oxygen atoms in total. The van der Waals surface area contributed by atoms with E-state index < -0.39 is 22.0 Å². The summed E-state index contributed by atoms with van der Waals surface area (Å²) in [6.07, 6.45) is 1.11. The zero-order valence-corrected chi connectivity index (χ0v) is 14.2. The minimum atomic E-state index is -3.71. The van der Waals surface area contributed by atoms with Crippen LogP contribution < -0.4 is 4.74 Å². The summed E-state index contributed by atoms with van der Waals surface area (Å²) < 4.78 is 32.2. The molecule has 1 heterocycles. The summed E-state index contributed by atoms with van der Waals surface area (Å²) >= 11 is 0. The van der Waals surface area contributed by atoms with Gasteiger partial charge in [-0.25, -0.2) is 13.2 Å². The Morgan fingerprint density at radius 3 is 2.42 bits per heavy atom. The number of rotatable bonds is 4. The predicted molar refractivity (Wildman–Crippen MR) is 90.2 cm³/mol. The highest BCUT2D eigenvalue weighted by molar-refractivity contribution is 7.89. The van der Waals surface area contributed by atoms with Crippen molar-refractivity contribution in [1.29, 1.82) is 0 Å². The third-order valence-corrected chi connectivity index (χ3v) is 5.99. The maximum atomic E-state index is 12.8. The lowest BCUT2D eigenvalue weighted by atomic mass is 10.2. The van der Waals surface area contributed by atoms with Crippen molar-refractivity contribution < 1.29 is 17.9 Å². The van der Waals surface area contributed by atoms with E-state index in [2.05, 4.69) is 0 Å². The lowest BCUT2D eigenvalue weighted by molar-refractivity contribution is -0.137. The molecule has 126 valence electrons. The minimum Gasteiger partial charge on any atom is -0.425 e. The molecule has 24 heavy (non-hydrogen) atoms. The van der Waals surface area contributed by atoms with Crippen LogP contribution in [0.15, 0.2) is 59.5 Å². The third-order valence-electron chi connectivity index (χ3n) is 4.06. The van der Waals surface area contributed by atoms with Gasteiger partial charge in [-0.15, -0.1) is 0 Å². The van der Waals surface area contributed by atoms with Crippen molar-refractivity contribution in [2.45, 2.75) is 30.7 Å². The van der Waals surface area contributed by atoms with Crippen LogP contribution in [0.4, 0.5) is 0 Å². The second kappa shape index (κ2) is 6.75. The molecule has 0 radical (unpaired) electrons. The number of ether oxygens (including phenoxy) is 1. The van der Waals surface area contributed by atoms with Gasteiger partial charge < -0.3 is 4.74 Å². The highest BCUT2D eigenvalue weighted by atomic mass is 32.2. The molecule has 0 N–H and O–H groups in total. The van der Waals surface area contributed by atoms with Gasteiger partial charge in [-0.2, -0.15) is 4.31 Å². The number of nitrogens with zero attached hydrogens (tertiary/aromatic N) is 1. The summed E-state index contributed by atoms with van der Waals surface area (Å²) in [5, 5.41) is 0. The van der Waals surface area contributed by atoms with Gasteiger partial charge in [0, 0.05) is 6.54 Å². The Labute approximate surface area is 141 Å². The van der Waals surface area contributed by atoms with Crippen molar-refractivity contribution >= 4 is 16.0 Å². The summed E-state index contributed by atoms with van der Waals surface area (Å²) in [5.74, 6) is -0.114. The normalized spacial score (nSPS) is 18.5. The molecule has 6 heteroatoms. The van der Waals surface area contributed by atoms with Crippen molar-refractivity contribution in [3.05, 3.63) is 60.2 Å². The number of carbonyl (C=O) groups is 1. The Hall–Kier alpha value is -2.18. The minimum absolute atomic E-state index is 0.201. The van der Waals surface area contributed by atoms with Gasteiger partial charge in [-0.3, -0.25) is 0 Å². The van der Waals surface area contributed by atoms with E-state index in [1.54, 1.807) is 48.5 Å². The van der Waals surface area contributed by atoms with Gasteiger partial charge in [0.25, 0.3) is 0 Å². The zero-order chi connectivity index (χ0) is 17.2. The Kier molecular flexibility index (Phi) is 4.69. The van der Waals surface area contributed by atoms with Crippen LogP contribution in [0.3, 0.4) is 0 Å². The van der Waals surface area contributed by atoms with Gasteiger partial charge in [-0.05, 0) is 44.0 Å². The van der Waals surface area contributed by atoms with Crippen LogP contribution >= 0.6 is 0 Å². The lowest BCUT2D eigenvalue weighted by Gasteiger charge is -2.22. The van der Waals surface area contributed by atoms with E-state index in [1.807, 2.05) is 13.0 Å². The fraction of sp³-hybridized carbons (Fsp3) is 0.278. The van der Waals surface area contributed by atoms with Gasteiger partial charge in [0.2, 0.25) is 10.0 Å². The first kappa shape index (κ1) is 16.7. The number of hydrogen-bond donors (Lipinski definition) is 0. The number of para-hydroxylation sites is 1. The van der Waals surface area contributed by atoms with E-state index >= 15 is 0 Å². The molecule has 0 spiro atoms. The molecule has 0 saturated carbocycles. The molecule has 2 aromatic carbocycles. The van der Waals surface area contributed by atoms with Crippen molar-refractivity contribution in [3.8, 4) is 5.75 Å². The van der Waals surface area contributed by atoms with E-state index in [4.69, 9.17) is 4.74 Å². The molecule has 1 saturated heterocycles. The van der Waals surface area contributed by atoms with E-state index in [9.17, 15) is 13.2 Å². The molecular weight excluding hydrogens is 326 g/mol. The van der Waals surface area contributed by atoms with Crippen molar-refractivity contribution in [1.82, 2.24) is 4.31 Å². The molecule has 0 unspecified atom stereocenters. The lowest BCUT2D eigenvalue weighted by Crippen LogP contribution is -2.42. The largest absolute Gasteiger partial charge is 0.425 e. The number of sulfonamides is 1. The first-order chi connectivity index (χ1) is 11.5. The Balaban J connectivity index is 1.82. The van der Waals surface area contributed by atoms with E-state index in [-0.39, 0.29) is 4.90 Å². The fourth-order valence-electron chi connectivity index (χ4n) is 2.78. The number of esters is 1. The second-order valence-corrected chi connectivity index (χ2v) is 7.71. The summed E-state index contributed by atoms with van der Waals surface area (Å²) in [6, 6.07) is 14.6. The number of hydrogen-bond acceptors (Lipinski definition) is 4. The molecule has 0 bridgehead atoms. The first-order valence-electron chi connectivity index (χ1n) is 7.84. The topological polar surface area (TPSA) is 63.7 Å². The number of aryl methyl sites for hydroxylation is 1. The molecule has 3 rings (SSSR count). The van der Waals surface area contributed by atoms with Crippen LogP contribution in [-0.4, -0.2) is 31.3 Å². The smallest absolute Gasteiger partial charge is 0.329 e. The van der Waals surface area contributed by atoms with Crippen molar-refractivity contribution in [2.24, 2.45) is 0 Å². The average Bonchev–Trinajstić information content (AvgIpc) is 3.07. The maximum Gasteiger partial charge on any atom is 0.329 e. The average molecular weight is 345 g/mol. The van der Waals surface area contributed by atoms with Gasteiger partial charge in [0.05, 0.1) is 4.90 Å². The highest BCUT2D eigenvalue weighted by Gasteiger charge is 2.40. The van der Waals surface area contributed by atoms with E-state index in [0.29, 0.717) is 25.1 Å². The van der Waals surface area contributed by atoms with Crippen LogP contribution in [0, 0.1) is 6.92 Å². The van der Waals surface area contributed by atoms with Gasteiger partial charge in [0.15, 0.2) is 0 Å². The molecular formula is C18H19NO4S. The third kappa shape index (κ3) is 3.34. The van der Waals surface area contributed by atoms with Crippen molar-refractivity contribution in [2.75, 3.05) is 6.54 Å². The van der Waals surface area contributed by atoms with Crippen LogP contribution in [0.5, 0.6) is 5.75 Å². The molecule has 2 aromatic rings. The Morgan fingerprint density at radius 2 is 1.75 bits per heavy atom. The van der Waals surface area contributed by atoms with Crippen LogP contribution in [0.25, 0.3) is 0 Å². The maximum absolute atomic E-state index is 12.8. The van der Waals surface area contributed by atoms with Crippen molar-refractivity contribution in [3.63, 3.8) is 0 Å². The number of benzene rings is 2. The molecule has 1 atom stereocenters. The van der Waals surface area contributed by atoms with Crippen LogP contribution in [0.2, 0.25) is 0 Å². The summed E-state index contributed by atoms with van der Waals surface area (Å²) in [7, 11) is -3.71. The van der Waals surface area contributed by atoms with Gasteiger partial charge in [-0.1, -0.05) is 35.9 Å². The quantitative estimate of drug-likeness (QED) is 0.631. The summed E-state index contributed by atoms with van der Waals surface area (Å²) in [4.78, 5) is 12.6. The molecule has 0 amide bonds.